The van der Waals surface area contributed by atoms with Crippen LogP contribution in [0.2, 0.25) is 0 Å². The zero-order chi connectivity index (χ0) is 22.5. The molecule has 0 atom stereocenters. The Hall–Kier alpha value is -3.55. The zero-order valence-corrected chi connectivity index (χ0v) is 18.4. The fraction of sp³-hybridized carbons (Fsp3) is 0.160. The molecule has 6 nitrogen and oxygen atoms in total. The second kappa shape index (κ2) is 9.72. The quantitative estimate of drug-likeness (QED) is 0.435. The zero-order valence-electron chi connectivity index (χ0n) is 17.6. The minimum absolute atomic E-state index is 0.0805. The molecule has 0 aliphatic carbocycles. The van der Waals surface area contributed by atoms with Gasteiger partial charge in [-0.25, -0.2) is 4.98 Å². The normalized spacial score (nSPS) is 10.8. The van der Waals surface area contributed by atoms with E-state index in [2.05, 4.69) is 23.3 Å². The van der Waals surface area contributed by atoms with Crippen molar-refractivity contribution < 1.29 is 14.7 Å². The highest BCUT2D eigenvalue weighted by Crippen LogP contribution is 2.31. The Morgan fingerprint density at radius 2 is 1.78 bits per heavy atom. The summed E-state index contributed by atoms with van der Waals surface area (Å²) in [5.41, 5.74) is 4.50. The van der Waals surface area contributed by atoms with E-state index < -0.39 is 11.8 Å². The molecule has 0 saturated carbocycles. The van der Waals surface area contributed by atoms with Crippen molar-refractivity contribution in [3.63, 3.8) is 0 Å². The molecule has 7 heteroatoms. The summed E-state index contributed by atoms with van der Waals surface area (Å²) in [7, 11) is 0. The summed E-state index contributed by atoms with van der Waals surface area (Å²) in [5.74, 6) is -1.42. The van der Waals surface area contributed by atoms with E-state index in [-0.39, 0.29) is 19.7 Å². The van der Waals surface area contributed by atoms with Gasteiger partial charge in [-0.05, 0) is 54.4 Å². The van der Waals surface area contributed by atoms with Crippen LogP contribution in [-0.4, -0.2) is 40.0 Å². The summed E-state index contributed by atoms with van der Waals surface area (Å²) < 4.78 is 1.13. The molecule has 0 aliphatic heterocycles. The number of amides is 2. The first-order valence-corrected chi connectivity index (χ1v) is 11.1. The van der Waals surface area contributed by atoms with Gasteiger partial charge in [0.1, 0.15) is 5.01 Å². The molecule has 4 rings (SSSR count). The summed E-state index contributed by atoms with van der Waals surface area (Å²) in [4.78, 5) is 31.2. The number of carbonyl (C=O) groups is 2. The Morgan fingerprint density at radius 3 is 2.50 bits per heavy atom. The van der Waals surface area contributed by atoms with Crippen molar-refractivity contribution in [1.29, 1.82) is 0 Å². The molecule has 3 aromatic carbocycles. The van der Waals surface area contributed by atoms with Crippen LogP contribution < -0.4 is 5.32 Å². The lowest BCUT2D eigenvalue weighted by Gasteiger charge is -2.21. The van der Waals surface area contributed by atoms with E-state index in [0.29, 0.717) is 5.69 Å². The molecular formula is C25H23N3O3S. The second-order valence-electron chi connectivity index (χ2n) is 7.46. The van der Waals surface area contributed by atoms with Crippen LogP contribution >= 0.6 is 11.3 Å². The Bertz CT molecular complexity index is 1240. The smallest absolute Gasteiger partial charge is 0.313 e. The van der Waals surface area contributed by atoms with Gasteiger partial charge in [-0.1, -0.05) is 36.4 Å². The number of aliphatic hydroxyl groups is 1. The number of anilines is 1. The lowest BCUT2D eigenvalue weighted by Crippen LogP contribution is -2.40. The van der Waals surface area contributed by atoms with Gasteiger partial charge in [0, 0.05) is 24.3 Å². The highest BCUT2D eigenvalue weighted by atomic mass is 32.1. The number of thiazole rings is 1. The largest absolute Gasteiger partial charge is 0.395 e. The Kier molecular flexibility index (Phi) is 6.58. The average Bonchev–Trinajstić information content (AvgIpc) is 3.22. The lowest BCUT2D eigenvalue weighted by molar-refractivity contribution is -0.143. The number of fused-ring (bicyclic) bond motifs is 1. The van der Waals surface area contributed by atoms with E-state index in [1.54, 1.807) is 23.5 Å². The van der Waals surface area contributed by atoms with Crippen LogP contribution in [0.3, 0.4) is 0 Å². The number of hydrogen-bond acceptors (Lipinski definition) is 5. The molecule has 0 spiro atoms. The minimum Gasteiger partial charge on any atom is -0.395 e. The molecule has 1 aromatic heterocycles. The maximum absolute atomic E-state index is 12.7. The molecule has 0 unspecified atom stereocenters. The first kappa shape index (κ1) is 21.7. The fourth-order valence-electron chi connectivity index (χ4n) is 3.36. The van der Waals surface area contributed by atoms with Gasteiger partial charge in [0.15, 0.2) is 0 Å². The second-order valence-corrected chi connectivity index (χ2v) is 8.49. The van der Waals surface area contributed by atoms with Crippen LogP contribution in [-0.2, 0) is 16.1 Å². The van der Waals surface area contributed by atoms with Crippen molar-refractivity contribution in [3.8, 4) is 10.6 Å². The minimum atomic E-state index is -0.738. The summed E-state index contributed by atoms with van der Waals surface area (Å²) >= 11 is 1.62. The van der Waals surface area contributed by atoms with Crippen LogP contribution in [0.5, 0.6) is 0 Å². The summed E-state index contributed by atoms with van der Waals surface area (Å²) in [6.45, 7) is 2.17. The monoisotopic (exact) mass is 445 g/mol. The van der Waals surface area contributed by atoms with Gasteiger partial charge in [0.05, 0.1) is 16.8 Å². The molecule has 2 amide bonds. The third kappa shape index (κ3) is 5.01. The molecule has 0 fully saturated rings. The highest BCUT2D eigenvalue weighted by Gasteiger charge is 2.22. The third-order valence-corrected chi connectivity index (χ3v) is 6.07. The fourth-order valence-corrected chi connectivity index (χ4v) is 4.43. The van der Waals surface area contributed by atoms with Crippen molar-refractivity contribution in [2.24, 2.45) is 0 Å². The predicted octanol–water partition coefficient (Wildman–Crippen LogP) is 4.23. The summed E-state index contributed by atoms with van der Waals surface area (Å²) in [6, 6.07) is 22.8. The van der Waals surface area contributed by atoms with E-state index in [4.69, 9.17) is 0 Å². The highest BCUT2D eigenvalue weighted by molar-refractivity contribution is 7.21. The van der Waals surface area contributed by atoms with Crippen LogP contribution in [0.25, 0.3) is 20.8 Å². The molecule has 1 heterocycles. The van der Waals surface area contributed by atoms with Gasteiger partial charge in [0.25, 0.3) is 0 Å². The van der Waals surface area contributed by atoms with Gasteiger partial charge < -0.3 is 15.3 Å². The van der Waals surface area contributed by atoms with Crippen molar-refractivity contribution in [2.75, 3.05) is 18.5 Å². The first-order valence-electron chi connectivity index (χ1n) is 10.3. The van der Waals surface area contributed by atoms with E-state index >= 15 is 0 Å². The van der Waals surface area contributed by atoms with Gasteiger partial charge in [0.2, 0.25) is 0 Å². The van der Waals surface area contributed by atoms with Crippen LogP contribution in [0.15, 0.2) is 72.8 Å². The number of rotatable bonds is 6. The maximum Gasteiger partial charge on any atom is 0.313 e. The van der Waals surface area contributed by atoms with Crippen molar-refractivity contribution >= 4 is 39.1 Å². The van der Waals surface area contributed by atoms with Gasteiger partial charge in [-0.15, -0.1) is 11.3 Å². The number of aliphatic hydroxyl groups excluding tert-OH is 1. The standard InChI is InChI=1S/C25H23N3O3S/c1-17-7-12-21-22(15-17)32-24(27-21)19-8-10-20(11-9-19)26-23(30)25(31)28(13-14-29)16-18-5-3-2-4-6-18/h2-12,15,29H,13-14,16H2,1H3,(H,26,30). The summed E-state index contributed by atoms with van der Waals surface area (Å²) in [5, 5.41) is 12.9. The number of aryl methyl sites for hydroxylation is 1. The van der Waals surface area contributed by atoms with Crippen molar-refractivity contribution in [1.82, 2.24) is 9.88 Å². The SMILES string of the molecule is Cc1ccc2nc(-c3ccc(NC(=O)C(=O)N(CCO)Cc4ccccc4)cc3)sc2c1. The Labute approximate surface area is 190 Å². The first-order chi connectivity index (χ1) is 15.5. The molecule has 0 aliphatic rings. The van der Waals surface area contributed by atoms with Crippen molar-refractivity contribution in [3.05, 3.63) is 83.9 Å². The number of aromatic nitrogens is 1. The van der Waals surface area contributed by atoms with Gasteiger partial charge >= 0.3 is 11.8 Å². The van der Waals surface area contributed by atoms with E-state index in [0.717, 1.165) is 26.4 Å². The maximum atomic E-state index is 12.7. The third-order valence-electron chi connectivity index (χ3n) is 5.00. The van der Waals surface area contributed by atoms with E-state index in [9.17, 15) is 14.7 Å². The topological polar surface area (TPSA) is 82.5 Å². The molecule has 0 radical (unpaired) electrons. The number of carbonyl (C=O) groups excluding carboxylic acids is 2. The molecule has 0 bridgehead atoms. The van der Waals surface area contributed by atoms with Gasteiger partial charge in [-0.2, -0.15) is 0 Å². The molecule has 32 heavy (non-hydrogen) atoms. The van der Waals surface area contributed by atoms with E-state index in [1.165, 1.54) is 10.5 Å². The summed E-state index contributed by atoms with van der Waals surface area (Å²) in [6.07, 6.45) is 0. The average molecular weight is 446 g/mol. The Balaban J connectivity index is 1.44. The number of nitrogens with one attached hydrogen (secondary N) is 1. The molecule has 0 saturated heterocycles. The van der Waals surface area contributed by atoms with Crippen molar-refractivity contribution in [2.45, 2.75) is 13.5 Å². The van der Waals surface area contributed by atoms with Crippen LogP contribution in [0, 0.1) is 6.92 Å². The van der Waals surface area contributed by atoms with Crippen LogP contribution in [0.4, 0.5) is 5.69 Å². The molecular weight excluding hydrogens is 422 g/mol. The lowest BCUT2D eigenvalue weighted by atomic mass is 10.2. The number of nitrogens with zero attached hydrogens (tertiary/aromatic N) is 2. The molecule has 2 N–H and O–H groups in total. The van der Waals surface area contributed by atoms with E-state index in [1.807, 2.05) is 54.6 Å². The molecule has 162 valence electrons. The predicted molar refractivity (Wildman–Crippen MR) is 127 cm³/mol. The molecule has 4 aromatic rings. The number of hydrogen-bond donors (Lipinski definition) is 2. The van der Waals surface area contributed by atoms with Gasteiger partial charge in [-0.3, -0.25) is 9.59 Å². The Morgan fingerprint density at radius 1 is 1.03 bits per heavy atom. The number of benzene rings is 3. The van der Waals surface area contributed by atoms with Crippen LogP contribution in [0.1, 0.15) is 11.1 Å².